The van der Waals surface area contributed by atoms with Crippen molar-refractivity contribution in [2.24, 2.45) is 5.92 Å². The highest BCUT2D eigenvalue weighted by molar-refractivity contribution is 5.75. The lowest BCUT2D eigenvalue weighted by atomic mass is 9.98. The van der Waals surface area contributed by atoms with E-state index in [4.69, 9.17) is 4.74 Å². The molecule has 1 aromatic heterocycles. The smallest absolute Gasteiger partial charge is 0.326 e. The molecule has 0 bridgehead atoms. The molecule has 1 N–H and O–H groups in total. The van der Waals surface area contributed by atoms with Gasteiger partial charge in [-0.25, -0.2) is 9.18 Å². The lowest BCUT2D eigenvalue weighted by molar-refractivity contribution is 0.100. The molecule has 0 aliphatic carbocycles. The predicted octanol–water partition coefficient (Wildman–Crippen LogP) is 3.88. The third kappa shape index (κ3) is 3.74. The molecule has 0 saturated carbocycles. The van der Waals surface area contributed by atoms with Crippen LogP contribution in [0.5, 0.6) is 0 Å². The molecule has 0 radical (unpaired) electrons. The number of para-hydroxylation sites is 2. The SMILES string of the molecule is O=c1[nH]c2ccccc2n1C1CCN(C[C@@H]2CO[C@H](c3ccc(F)cc3)C2)CC1. The highest BCUT2D eigenvalue weighted by Gasteiger charge is 2.30. The summed E-state index contributed by atoms with van der Waals surface area (Å²) >= 11 is 0. The minimum Gasteiger partial charge on any atom is -0.373 e. The monoisotopic (exact) mass is 395 g/mol. The van der Waals surface area contributed by atoms with Gasteiger partial charge in [-0.3, -0.25) is 4.57 Å². The van der Waals surface area contributed by atoms with Crippen molar-refractivity contribution < 1.29 is 9.13 Å². The highest BCUT2D eigenvalue weighted by Crippen LogP contribution is 2.34. The van der Waals surface area contributed by atoms with Crippen molar-refractivity contribution in [3.8, 4) is 0 Å². The summed E-state index contributed by atoms with van der Waals surface area (Å²) in [5, 5.41) is 0. The third-order valence-corrected chi connectivity index (χ3v) is 6.38. The van der Waals surface area contributed by atoms with E-state index in [1.807, 2.05) is 41.0 Å². The molecule has 0 amide bonds. The van der Waals surface area contributed by atoms with Crippen molar-refractivity contribution in [3.05, 3.63) is 70.4 Å². The van der Waals surface area contributed by atoms with E-state index in [1.54, 1.807) is 0 Å². The van der Waals surface area contributed by atoms with Crippen molar-refractivity contribution in [2.75, 3.05) is 26.2 Å². The van der Waals surface area contributed by atoms with Crippen LogP contribution in [0.4, 0.5) is 4.39 Å². The number of fused-ring (bicyclic) bond motifs is 1. The van der Waals surface area contributed by atoms with Gasteiger partial charge in [-0.2, -0.15) is 0 Å². The van der Waals surface area contributed by atoms with Crippen LogP contribution in [0.3, 0.4) is 0 Å². The van der Waals surface area contributed by atoms with Crippen LogP contribution in [0.2, 0.25) is 0 Å². The van der Waals surface area contributed by atoms with E-state index in [2.05, 4.69) is 9.88 Å². The number of imidazole rings is 1. The molecule has 2 aromatic carbocycles. The van der Waals surface area contributed by atoms with Gasteiger partial charge in [-0.15, -0.1) is 0 Å². The number of halogens is 1. The Morgan fingerprint density at radius 1 is 1.07 bits per heavy atom. The zero-order valence-corrected chi connectivity index (χ0v) is 16.4. The number of hydrogen-bond donors (Lipinski definition) is 1. The van der Waals surface area contributed by atoms with Crippen molar-refractivity contribution in [1.82, 2.24) is 14.5 Å². The number of piperidine rings is 1. The Bertz CT molecular complexity index is 1030. The molecule has 5 nitrogen and oxygen atoms in total. The summed E-state index contributed by atoms with van der Waals surface area (Å²) in [5.41, 5.74) is 2.97. The molecule has 6 heteroatoms. The topological polar surface area (TPSA) is 50.3 Å². The average molecular weight is 395 g/mol. The van der Waals surface area contributed by atoms with Crippen LogP contribution in [0, 0.1) is 11.7 Å². The number of hydrogen-bond acceptors (Lipinski definition) is 3. The maximum absolute atomic E-state index is 13.1. The first-order chi connectivity index (χ1) is 14.2. The highest BCUT2D eigenvalue weighted by atomic mass is 19.1. The maximum atomic E-state index is 13.1. The van der Waals surface area contributed by atoms with Crippen LogP contribution in [-0.4, -0.2) is 40.7 Å². The minimum absolute atomic E-state index is 0.00372. The summed E-state index contributed by atoms with van der Waals surface area (Å²) in [6.07, 6.45) is 3.02. The number of aromatic nitrogens is 2. The van der Waals surface area contributed by atoms with E-state index >= 15 is 0 Å². The first kappa shape index (κ1) is 18.6. The summed E-state index contributed by atoms with van der Waals surface area (Å²) in [6.45, 7) is 3.76. The summed E-state index contributed by atoms with van der Waals surface area (Å²) in [4.78, 5) is 17.9. The molecule has 152 valence electrons. The summed E-state index contributed by atoms with van der Waals surface area (Å²) in [5.74, 6) is 0.290. The van der Waals surface area contributed by atoms with E-state index in [-0.39, 0.29) is 23.7 Å². The van der Waals surface area contributed by atoms with Gasteiger partial charge in [0.2, 0.25) is 0 Å². The summed E-state index contributed by atoms with van der Waals surface area (Å²) in [6, 6.07) is 14.8. The quantitative estimate of drug-likeness (QED) is 0.729. The van der Waals surface area contributed by atoms with E-state index in [0.29, 0.717) is 5.92 Å². The molecule has 0 spiro atoms. The third-order valence-electron chi connectivity index (χ3n) is 6.38. The zero-order valence-electron chi connectivity index (χ0n) is 16.4. The van der Waals surface area contributed by atoms with Crippen LogP contribution >= 0.6 is 0 Å². The minimum atomic E-state index is -0.208. The Kier molecular flexibility index (Phi) is 4.97. The van der Waals surface area contributed by atoms with Crippen LogP contribution in [0.1, 0.15) is 37.0 Å². The van der Waals surface area contributed by atoms with Gasteiger partial charge in [0, 0.05) is 25.7 Å². The van der Waals surface area contributed by atoms with E-state index in [0.717, 1.165) is 62.1 Å². The fraction of sp³-hybridized carbons (Fsp3) is 0.435. The fourth-order valence-electron chi connectivity index (χ4n) is 4.89. The Labute approximate surface area is 169 Å². The Hall–Kier alpha value is -2.44. The zero-order chi connectivity index (χ0) is 19.8. The van der Waals surface area contributed by atoms with Crippen molar-refractivity contribution in [3.63, 3.8) is 0 Å². The predicted molar refractivity (Wildman–Crippen MR) is 110 cm³/mol. The molecule has 2 aliphatic rings. The van der Waals surface area contributed by atoms with Gasteiger partial charge >= 0.3 is 5.69 Å². The van der Waals surface area contributed by atoms with E-state index in [9.17, 15) is 9.18 Å². The number of nitrogens with zero attached hydrogens (tertiary/aromatic N) is 2. The molecule has 2 atom stereocenters. The van der Waals surface area contributed by atoms with Gasteiger partial charge in [0.05, 0.1) is 23.7 Å². The van der Waals surface area contributed by atoms with Crippen LogP contribution < -0.4 is 5.69 Å². The normalized spacial score (nSPS) is 23.8. The van der Waals surface area contributed by atoms with Gasteiger partial charge in [-0.05, 0) is 55.0 Å². The van der Waals surface area contributed by atoms with Gasteiger partial charge < -0.3 is 14.6 Å². The second-order valence-corrected chi connectivity index (χ2v) is 8.32. The van der Waals surface area contributed by atoms with Crippen molar-refractivity contribution >= 4 is 11.0 Å². The molecule has 2 fully saturated rings. The van der Waals surface area contributed by atoms with Crippen LogP contribution in [0.15, 0.2) is 53.3 Å². The van der Waals surface area contributed by atoms with Gasteiger partial charge in [0.1, 0.15) is 5.82 Å². The molecule has 3 aromatic rings. The summed E-state index contributed by atoms with van der Waals surface area (Å²) < 4.78 is 21.1. The largest absolute Gasteiger partial charge is 0.373 e. The summed E-state index contributed by atoms with van der Waals surface area (Å²) in [7, 11) is 0. The number of benzene rings is 2. The maximum Gasteiger partial charge on any atom is 0.326 e. The second-order valence-electron chi connectivity index (χ2n) is 8.32. The number of aromatic amines is 1. The molecule has 0 unspecified atom stereocenters. The van der Waals surface area contributed by atoms with Gasteiger partial charge in [-0.1, -0.05) is 24.3 Å². The second kappa shape index (κ2) is 7.76. The van der Waals surface area contributed by atoms with E-state index < -0.39 is 0 Å². The lowest BCUT2D eigenvalue weighted by Gasteiger charge is -2.33. The average Bonchev–Trinajstić information content (AvgIpc) is 3.33. The van der Waals surface area contributed by atoms with Gasteiger partial charge in [0.25, 0.3) is 0 Å². The van der Waals surface area contributed by atoms with Crippen LogP contribution in [0.25, 0.3) is 11.0 Å². The Balaban J connectivity index is 1.18. The number of ether oxygens (including phenoxy) is 1. The molecule has 5 rings (SSSR count). The Morgan fingerprint density at radius 3 is 2.62 bits per heavy atom. The Morgan fingerprint density at radius 2 is 1.83 bits per heavy atom. The first-order valence-electron chi connectivity index (χ1n) is 10.5. The number of H-pyrrole nitrogens is 1. The van der Waals surface area contributed by atoms with Crippen molar-refractivity contribution in [1.29, 1.82) is 0 Å². The number of rotatable bonds is 4. The fourth-order valence-corrected chi connectivity index (χ4v) is 4.89. The van der Waals surface area contributed by atoms with E-state index in [1.165, 1.54) is 12.1 Å². The van der Waals surface area contributed by atoms with Crippen LogP contribution in [-0.2, 0) is 4.74 Å². The molecular weight excluding hydrogens is 369 g/mol. The van der Waals surface area contributed by atoms with Crippen molar-refractivity contribution in [2.45, 2.75) is 31.4 Å². The lowest BCUT2D eigenvalue weighted by Crippen LogP contribution is -2.39. The standard InChI is InChI=1S/C23H26FN3O2/c24-18-7-5-17(6-8-18)22-13-16(15-29-22)14-26-11-9-19(10-12-26)27-21-4-2-1-3-20(21)25-23(27)28/h1-8,16,19,22H,9-15H2,(H,25,28)/t16-,22+/m1/s1. The molecular formula is C23H26FN3O2. The first-order valence-corrected chi connectivity index (χ1v) is 10.5. The molecule has 3 heterocycles. The molecule has 29 heavy (non-hydrogen) atoms. The molecule has 2 aliphatic heterocycles. The number of nitrogens with one attached hydrogen (secondary N) is 1. The number of likely N-dealkylation sites (tertiary alicyclic amines) is 1. The molecule has 2 saturated heterocycles. The van der Waals surface area contributed by atoms with Gasteiger partial charge in [0.15, 0.2) is 0 Å².